The van der Waals surface area contributed by atoms with Crippen LogP contribution < -0.4 is 0 Å². The maximum atomic E-state index is 3.87. The minimum atomic E-state index is 1.12. The minimum absolute atomic E-state index is 1.12. The number of rotatable bonds is 4. The fourth-order valence-corrected chi connectivity index (χ4v) is 1.05. The molecule has 0 aromatic heterocycles. The zero-order chi connectivity index (χ0) is 6.41. The Morgan fingerprint density at radius 2 is 2.12 bits per heavy atom. The molecule has 0 amide bonds. The Kier molecular flexibility index (Phi) is 5.29. The van der Waals surface area contributed by atoms with E-state index in [1.54, 1.807) is 0 Å². The van der Waals surface area contributed by atoms with Crippen LogP contribution in [0, 0.1) is 0 Å². The van der Waals surface area contributed by atoms with E-state index in [0.29, 0.717) is 0 Å². The molecule has 0 aromatic rings. The van der Waals surface area contributed by atoms with Crippen molar-refractivity contribution in [1.82, 2.24) is 0 Å². The van der Waals surface area contributed by atoms with Crippen molar-refractivity contribution in [2.45, 2.75) is 26.7 Å². The number of hydrogen-bond acceptors (Lipinski definition) is 1. The van der Waals surface area contributed by atoms with Crippen LogP contribution in [0.3, 0.4) is 0 Å². The lowest BCUT2D eigenvalue weighted by Crippen LogP contribution is -1.74. The van der Waals surface area contributed by atoms with Gasteiger partial charge in [0.2, 0.25) is 0 Å². The Morgan fingerprint density at radius 3 is 2.50 bits per heavy atom. The molecule has 0 aliphatic carbocycles. The lowest BCUT2D eigenvalue weighted by molar-refractivity contribution is 1.10. The van der Waals surface area contributed by atoms with Crippen LogP contribution in [0.4, 0.5) is 0 Å². The molecular formula is C7H14S. The highest BCUT2D eigenvalue weighted by molar-refractivity contribution is 8.03. The van der Waals surface area contributed by atoms with E-state index >= 15 is 0 Å². The third-order valence-corrected chi connectivity index (χ3v) is 2.21. The van der Waals surface area contributed by atoms with Crippen molar-refractivity contribution in [3.8, 4) is 0 Å². The molecule has 0 fully saturated rings. The van der Waals surface area contributed by atoms with E-state index < -0.39 is 0 Å². The van der Waals surface area contributed by atoms with Crippen molar-refractivity contribution < 1.29 is 0 Å². The average molecular weight is 130 g/mol. The predicted molar refractivity (Wildman–Crippen MR) is 42.2 cm³/mol. The molecular weight excluding hydrogens is 116 g/mol. The maximum absolute atomic E-state index is 3.87. The summed E-state index contributed by atoms with van der Waals surface area (Å²) in [5, 5.41) is 0. The molecule has 0 bridgehead atoms. The lowest BCUT2D eigenvalue weighted by atomic mass is 10.5. The van der Waals surface area contributed by atoms with E-state index in [2.05, 4.69) is 20.4 Å². The summed E-state index contributed by atoms with van der Waals surface area (Å²) in [6.07, 6.45) is 2.37. The molecule has 0 saturated heterocycles. The van der Waals surface area contributed by atoms with E-state index in [1.807, 2.05) is 11.8 Å². The SMILES string of the molecule is C=C(CC)SCCC. The zero-order valence-corrected chi connectivity index (χ0v) is 6.55. The summed E-state index contributed by atoms with van der Waals surface area (Å²) in [5.41, 5.74) is 0. The fourth-order valence-electron chi connectivity index (χ4n) is 0.348. The summed E-state index contributed by atoms with van der Waals surface area (Å²) in [4.78, 5) is 1.31. The largest absolute Gasteiger partial charge is 0.131 e. The summed E-state index contributed by atoms with van der Waals surface area (Å²) in [7, 11) is 0. The summed E-state index contributed by atoms with van der Waals surface area (Å²) >= 11 is 1.88. The van der Waals surface area contributed by atoms with Crippen LogP contribution in [-0.4, -0.2) is 5.75 Å². The topological polar surface area (TPSA) is 0 Å². The van der Waals surface area contributed by atoms with Crippen LogP contribution in [0.15, 0.2) is 11.5 Å². The Morgan fingerprint density at radius 1 is 1.50 bits per heavy atom. The third-order valence-electron chi connectivity index (χ3n) is 0.905. The number of thioether (sulfide) groups is 1. The molecule has 0 rings (SSSR count). The highest BCUT2D eigenvalue weighted by atomic mass is 32.2. The van der Waals surface area contributed by atoms with Gasteiger partial charge in [-0.1, -0.05) is 20.4 Å². The van der Waals surface area contributed by atoms with Crippen LogP contribution >= 0.6 is 11.8 Å². The fraction of sp³-hybridized carbons (Fsp3) is 0.714. The Balaban J connectivity index is 2.99. The van der Waals surface area contributed by atoms with Crippen molar-refractivity contribution in [3.05, 3.63) is 11.5 Å². The van der Waals surface area contributed by atoms with Gasteiger partial charge in [0, 0.05) is 0 Å². The van der Waals surface area contributed by atoms with Gasteiger partial charge < -0.3 is 0 Å². The van der Waals surface area contributed by atoms with E-state index in [1.165, 1.54) is 17.1 Å². The van der Waals surface area contributed by atoms with Gasteiger partial charge in [0.25, 0.3) is 0 Å². The highest BCUT2D eigenvalue weighted by Crippen LogP contribution is 2.16. The Labute approximate surface area is 56.4 Å². The van der Waals surface area contributed by atoms with E-state index in [0.717, 1.165) is 6.42 Å². The Hall–Kier alpha value is 0.0900. The van der Waals surface area contributed by atoms with Gasteiger partial charge in [0.05, 0.1) is 0 Å². The second-order valence-electron chi connectivity index (χ2n) is 1.74. The first kappa shape index (κ1) is 8.09. The van der Waals surface area contributed by atoms with E-state index in [4.69, 9.17) is 0 Å². The summed E-state index contributed by atoms with van der Waals surface area (Å²) in [6, 6.07) is 0. The molecule has 0 heterocycles. The van der Waals surface area contributed by atoms with Crippen LogP contribution in [0.1, 0.15) is 26.7 Å². The van der Waals surface area contributed by atoms with Crippen LogP contribution in [-0.2, 0) is 0 Å². The molecule has 8 heavy (non-hydrogen) atoms. The molecule has 0 nitrogen and oxygen atoms in total. The van der Waals surface area contributed by atoms with Crippen molar-refractivity contribution >= 4 is 11.8 Å². The first-order valence-corrected chi connectivity index (χ1v) is 4.10. The highest BCUT2D eigenvalue weighted by Gasteiger charge is 1.86. The molecule has 0 spiro atoms. The molecule has 0 aliphatic rings. The quantitative estimate of drug-likeness (QED) is 0.563. The van der Waals surface area contributed by atoms with Gasteiger partial charge in [-0.3, -0.25) is 0 Å². The molecule has 0 radical (unpaired) electrons. The predicted octanol–water partition coefficient (Wildman–Crippen LogP) is 3.05. The van der Waals surface area contributed by atoms with Gasteiger partial charge in [0.1, 0.15) is 0 Å². The molecule has 0 saturated carbocycles. The standard InChI is InChI=1S/C7H14S/c1-4-6-8-7(3)5-2/h3-6H2,1-2H3. The average Bonchev–Trinajstić information content (AvgIpc) is 1.83. The van der Waals surface area contributed by atoms with Crippen molar-refractivity contribution in [3.63, 3.8) is 0 Å². The molecule has 0 atom stereocenters. The van der Waals surface area contributed by atoms with Gasteiger partial charge in [-0.05, 0) is 23.5 Å². The summed E-state index contributed by atoms with van der Waals surface area (Å²) in [5.74, 6) is 1.23. The van der Waals surface area contributed by atoms with E-state index in [9.17, 15) is 0 Å². The second kappa shape index (κ2) is 5.23. The van der Waals surface area contributed by atoms with E-state index in [-0.39, 0.29) is 0 Å². The van der Waals surface area contributed by atoms with Gasteiger partial charge in [-0.2, -0.15) is 0 Å². The summed E-state index contributed by atoms with van der Waals surface area (Å²) in [6.45, 7) is 8.21. The van der Waals surface area contributed by atoms with Crippen molar-refractivity contribution in [2.75, 3.05) is 5.75 Å². The van der Waals surface area contributed by atoms with Crippen molar-refractivity contribution in [2.24, 2.45) is 0 Å². The smallest absolute Gasteiger partial charge is 0.00261 e. The van der Waals surface area contributed by atoms with Crippen molar-refractivity contribution in [1.29, 1.82) is 0 Å². The molecule has 0 unspecified atom stereocenters. The van der Waals surface area contributed by atoms with Gasteiger partial charge >= 0.3 is 0 Å². The second-order valence-corrected chi connectivity index (χ2v) is 3.01. The first-order chi connectivity index (χ1) is 3.81. The maximum Gasteiger partial charge on any atom is -0.00261 e. The first-order valence-electron chi connectivity index (χ1n) is 3.11. The third kappa shape index (κ3) is 4.25. The van der Waals surface area contributed by atoms with Crippen LogP contribution in [0.25, 0.3) is 0 Å². The molecule has 0 aromatic carbocycles. The van der Waals surface area contributed by atoms with Gasteiger partial charge in [-0.25, -0.2) is 0 Å². The zero-order valence-electron chi connectivity index (χ0n) is 5.74. The summed E-state index contributed by atoms with van der Waals surface area (Å²) < 4.78 is 0. The molecule has 1 heteroatoms. The molecule has 0 N–H and O–H groups in total. The van der Waals surface area contributed by atoms with Crippen LogP contribution in [0.5, 0.6) is 0 Å². The van der Waals surface area contributed by atoms with Gasteiger partial charge in [0.15, 0.2) is 0 Å². The minimum Gasteiger partial charge on any atom is -0.131 e. The number of hydrogen-bond donors (Lipinski definition) is 0. The Bertz CT molecular complexity index is 66.8. The number of allylic oxidation sites excluding steroid dienone is 1. The van der Waals surface area contributed by atoms with Gasteiger partial charge in [-0.15, -0.1) is 11.8 Å². The van der Waals surface area contributed by atoms with Crippen LogP contribution in [0.2, 0.25) is 0 Å². The normalized spacial score (nSPS) is 9.25. The molecule has 48 valence electrons. The monoisotopic (exact) mass is 130 g/mol. The molecule has 0 aliphatic heterocycles. The lowest BCUT2D eigenvalue weighted by Gasteiger charge is -1.96.